The average Bonchev–Trinajstić information content (AvgIpc) is 3.03. The van der Waals surface area contributed by atoms with E-state index in [0.717, 1.165) is 48.8 Å². The Labute approximate surface area is 197 Å². The number of fused-ring (bicyclic) bond motifs is 7. The molecule has 6 nitrogen and oxygen atoms in total. The predicted molar refractivity (Wildman–Crippen MR) is 127 cm³/mol. The Balaban J connectivity index is 0.00000128. The van der Waals surface area contributed by atoms with E-state index in [1.807, 2.05) is 0 Å². The third-order valence-corrected chi connectivity index (χ3v) is 7.03. The molecule has 4 aliphatic rings. The third-order valence-electron chi connectivity index (χ3n) is 7.03. The molecule has 1 aliphatic carbocycles. The fourth-order valence-electron chi connectivity index (χ4n) is 5.42. The Hall–Kier alpha value is -1.09. The van der Waals surface area contributed by atoms with Gasteiger partial charge in [0.25, 0.3) is 0 Å². The lowest BCUT2D eigenvalue weighted by atomic mass is 9.84. The summed E-state index contributed by atoms with van der Waals surface area (Å²) in [5.41, 5.74) is 1.34. The van der Waals surface area contributed by atoms with Crippen molar-refractivity contribution in [2.45, 2.75) is 38.6 Å². The lowest BCUT2D eigenvalue weighted by Gasteiger charge is -2.31. The topological polar surface area (TPSA) is 77.1 Å². The maximum absolute atomic E-state index is 12.5. The molecule has 3 fully saturated rings. The maximum atomic E-state index is 12.5. The van der Waals surface area contributed by atoms with Crippen LogP contribution < -0.4 is 5.63 Å². The summed E-state index contributed by atoms with van der Waals surface area (Å²) >= 11 is 0. The van der Waals surface area contributed by atoms with Crippen molar-refractivity contribution in [2.75, 3.05) is 32.7 Å². The van der Waals surface area contributed by atoms with E-state index in [1.165, 1.54) is 44.8 Å². The molecule has 166 valence electrons. The highest BCUT2D eigenvalue weighted by Gasteiger charge is 2.30. The Morgan fingerprint density at radius 1 is 0.933 bits per heavy atom. The summed E-state index contributed by atoms with van der Waals surface area (Å²) in [6.45, 7) is 5.99. The number of rotatable bonds is 3. The third kappa shape index (κ3) is 4.42. The minimum Gasteiger partial charge on any atom is -0.504 e. The Morgan fingerprint density at radius 2 is 1.57 bits per heavy atom. The van der Waals surface area contributed by atoms with E-state index in [-0.39, 0.29) is 51.0 Å². The summed E-state index contributed by atoms with van der Waals surface area (Å²) in [6.07, 6.45) is 6.35. The van der Waals surface area contributed by atoms with Crippen LogP contribution in [0, 0.1) is 11.8 Å². The van der Waals surface area contributed by atoms with E-state index in [0.29, 0.717) is 12.1 Å². The van der Waals surface area contributed by atoms with Crippen LogP contribution in [0.1, 0.15) is 36.8 Å². The van der Waals surface area contributed by atoms with Crippen LogP contribution in [0.5, 0.6) is 11.5 Å². The van der Waals surface area contributed by atoms with Gasteiger partial charge in [0.15, 0.2) is 11.3 Å². The first-order chi connectivity index (χ1) is 13.6. The van der Waals surface area contributed by atoms with Gasteiger partial charge in [0.05, 0.1) is 5.56 Å². The zero-order chi connectivity index (χ0) is 19.3. The fourth-order valence-corrected chi connectivity index (χ4v) is 5.42. The normalized spacial score (nSPS) is 24.0. The first-order valence-electron chi connectivity index (χ1n) is 10.5. The quantitative estimate of drug-likeness (QED) is 0.451. The van der Waals surface area contributed by atoms with Crippen LogP contribution in [-0.4, -0.2) is 52.7 Å². The molecule has 2 bridgehead atoms. The smallest absolute Gasteiger partial charge is 0.341 e. The van der Waals surface area contributed by atoms with Gasteiger partial charge < -0.3 is 19.5 Å². The highest BCUT2D eigenvalue weighted by atomic mass is 79.9. The number of phenols is 2. The van der Waals surface area contributed by atoms with Crippen LogP contribution in [0.15, 0.2) is 21.3 Å². The van der Waals surface area contributed by atoms with Crippen molar-refractivity contribution in [1.29, 1.82) is 0 Å². The van der Waals surface area contributed by atoms with Crippen LogP contribution >= 0.6 is 34.0 Å². The average molecular weight is 546 g/mol. The summed E-state index contributed by atoms with van der Waals surface area (Å²) in [6, 6.07) is 3.19. The molecule has 0 amide bonds. The monoisotopic (exact) mass is 544 g/mol. The van der Waals surface area contributed by atoms with Gasteiger partial charge >= 0.3 is 5.63 Å². The number of hydrogen-bond acceptors (Lipinski definition) is 6. The van der Waals surface area contributed by atoms with Crippen LogP contribution in [0.4, 0.5) is 0 Å². The lowest BCUT2D eigenvalue weighted by Crippen LogP contribution is -2.40. The van der Waals surface area contributed by atoms with Gasteiger partial charge in [-0.3, -0.25) is 4.90 Å². The number of hydrogen-bond donors (Lipinski definition) is 2. The molecule has 0 radical (unpaired) electrons. The number of benzene rings is 1. The molecule has 2 N–H and O–H groups in total. The summed E-state index contributed by atoms with van der Waals surface area (Å²) in [5.74, 6) is 1.14. The van der Waals surface area contributed by atoms with Crippen molar-refractivity contribution in [3.05, 3.63) is 33.7 Å². The molecule has 4 heterocycles. The summed E-state index contributed by atoms with van der Waals surface area (Å²) in [5, 5.41) is 20.5. The molecule has 2 aromatic rings. The largest absolute Gasteiger partial charge is 0.504 e. The Bertz CT molecular complexity index is 942. The van der Waals surface area contributed by atoms with Crippen molar-refractivity contribution in [3.8, 4) is 11.5 Å². The van der Waals surface area contributed by atoms with Gasteiger partial charge in [-0.25, -0.2) is 4.79 Å². The number of nitrogens with zero attached hydrogens (tertiary/aromatic N) is 2. The summed E-state index contributed by atoms with van der Waals surface area (Å²) in [4.78, 5) is 17.5. The molecule has 1 aromatic carbocycles. The van der Waals surface area contributed by atoms with Gasteiger partial charge in [-0.1, -0.05) is 0 Å². The molecular weight excluding hydrogens is 516 g/mol. The SMILES string of the molecule is Br.Br.O=c1oc2c(O)c(O)ccc2c2c1CN(CCN1CC3CCC(CC3)C1)CC2. The Kier molecular flexibility index (Phi) is 7.53. The molecule has 1 aromatic heterocycles. The molecule has 30 heavy (non-hydrogen) atoms. The molecule has 8 heteroatoms. The van der Waals surface area contributed by atoms with E-state index in [1.54, 1.807) is 6.07 Å². The number of aromatic hydroxyl groups is 2. The molecule has 0 atom stereocenters. The van der Waals surface area contributed by atoms with E-state index >= 15 is 0 Å². The van der Waals surface area contributed by atoms with E-state index in [4.69, 9.17) is 4.42 Å². The molecule has 3 aliphatic heterocycles. The zero-order valence-electron chi connectivity index (χ0n) is 17.0. The Morgan fingerprint density at radius 3 is 2.23 bits per heavy atom. The standard InChI is InChI=1S/C22H28N2O4.2BrH/c25-19-6-5-17-16-7-8-23(13-18(16)22(27)28-21(17)20(19)26)9-10-24-11-14-1-2-15(12-24)4-3-14;;/h5-6,14-15,25-26H,1-4,7-13H2;2*1H. The van der Waals surface area contributed by atoms with E-state index in [2.05, 4.69) is 9.80 Å². The molecular formula is C22H30Br2N2O4. The number of halogens is 2. The van der Waals surface area contributed by atoms with Crippen LogP contribution in [0.25, 0.3) is 11.0 Å². The lowest BCUT2D eigenvalue weighted by molar-refractivity contribution is 0.182. The van der Waals surface area contributed by atoms with Crippen molar-refractivity contribution in [3.63, 3.8) is 0 Å². The summed E-state index contributed by atoms with van der Waals surface area (Å²) in [7, 11) is 0. The van der Waals surface area contributed by atoms with Crippen molar-refractivity contribution >= 4 is 44.9 Å². The van der Waals surface area contributed by atoms with Crippen LogP contribution in [0.2, 0.25) is 0 Å². The van der Waals surface area contributed by atoms with Gasteiger partial charge in [0, 0.05) is 44.7 Å². The minimum atomic E-state index is -0.402. The van der Waals surface area contributed by atoms with Crippen molar-refractivity contribution in [2.24, 2.45) is 11.8 Å². The molecule has 2 saturated heterocycles. The van der Waals surface area contributed by atoms with Gasteiger partial charge in [0.2, 0.25) is 5.75 Å². The van der Waals surface area contributed by atoms with Gasteiger partial charge in [0.1, 0.15) is 0 Å². The fraction of sp³-hybridized carbons (Fsp3) is 0.591. The molecule has 1 saturated carbocycles. The second-order valence-corrected chi connectivity index (χ2v) is 8.83. The predicted octanol–water partition coefficient (Wildman–Crippen LogP) is 3.84. The van der Waals surface area contributed by atoms with Gasteiger partial charge in [-0.05, 0) is 61.6 Å². The van der Waals surface area contributed by atoms with Gasteiger partial charge in [-0.15, -0.1) is 34.0 Å². The minimum absolute atomic E-state index is 0. The second kappa shape index (κ2) is 9.59. The maximum Gasteiger partial charge on any atom is 0.341 e. The van der Waals surface area contributed by atoms with Gasteiger partial charge in [-0.2, -0.15) is 0 Å². The van der Waals surface area contributed by atoms with Crippen molar-refractivity contribution < 1.29 is 14.6 Å². The van der Waals surface area contributed by atoms with Crippen molar-refractivity contribution in [1.82, 2.24) is 9.80 Å². The molecule has 0 unspecified atom stereocenters. The molecule has 6 rings (SSSR count). The number of phenolic OH excluding ortho intramolecular Hbond substituents is 2. The van der Waals surface area contributed by atoms with Crippen LogP contribution in [0.3, 0.4) is 0 Å². The first-order valence-corrected chi connectivity index (χ1v) is 10.5. The second-order valence-electron chi connectivity index (χ2n) is 8.83. The van der Waals surface area contributed by atoms with E-state index in [9.17, 15) is 15.0 Å². The summed E-state index contributed by atoms with van der Waals surface area (Å²) < 4.78 is 5.36. The first kappa shape index (κ1) is 23.6. The highest BCUT2D eigenvalue weighted by molar-refractivity contribution is 8.93. The highest BCUT2D eigenvalue weighted by Crippen LogP contribution is 2.36. The van der Waals surface area contributed by atoms with E-state index < -0.39 is 5.63 Å². The van der Waals surface area contributed by atoms with Crippen LogP contribution in [-0.2, 0) is 13.0 Å². The molecule has 0 spiro atoms. The zero-order valence-corrected chi connectivity index (χ0v) is 20.4.